The van der Waals surface area contributed by atoms with Gasteiger partial charge in [0.1, 0.15) is 12.1 Å². The molecule has 4 amide bonds. The molecule has 1 saturated carbocycles. The highest BCUT2D eigenvalue weighted by Crippen LogP contribution is 2.40. The summed E-state index contributed by atoms with van der Waals surface area (Å²) in [5.41, 5.74) is 6.77. The second-order valence-corrected chi connectivity index (χ2v) is 16.3. The summed E-state index contributed by atoms with van der Waals surface area (Å²) in [6.45, 7) is 11.8. The van der Waals surface area contributed by atoms with Gasteiger partial charge in [-0.2, -0.15) is 0 Å². The first-order valence-electron chi connectivity index (χ1n) is 19.9. The van der Waals surface area contributed by atoms with E-state index in [1.54, 1.807) is 26.3 Å². The van der Waals surface area contributed by atoms with Gasteiger partial charge in [-0.1, -0.05) is 45.0 Å². The summed E-state index contributed by atoms with van der Waals surface area (Å²) in [6, 6.07) is 4.43. The number of β-amino-alcohol motifs (C(OH)–C–C–N with tert-alkyl or cyclic N) is 1. The summed E-state index contributed by atoms with van der Waals surface area (Å²) < 4.78 is 41.8. The lowest BCUT2D eigenvalue weighted by atomic mass is 9.85. The third-order valence-corrected chi connectivity index (χ3v) is 10.7. The summed E-state index contributed by atoms with van der Waals surface area (Å²) >= 11 is 1.51. The summed E-state index contributed by atoms with van der Waals surface area (Å²) in [7, 11) is 0. The number of nitrogens with zero attached hydrogens (tertiary/aromatic N) is 2. The Labute approximate surface area is 344 Å². The van der Waals surface area contributed by atoms with Gasteiger partial charge in [0.25, 0.3) is 5.91 Å². The lowest BCUT2D eigenvalue weighted by Gasteiger charge is -2.36. The van der Waals surface area contributed by atoms with E-state index in [9.17, 15) is 28.7 Å². The molecular weight excluding hydrogens is 776 g/mol. The lowest BCUT2D eigenvalue weighted by Crippen LogP contribution is -2.59. The number of thiazole rings is 1. The van der Waals surface area contributed by atoms with Gasteiger partial charge in [0.2, 0.25) is 17.7 Å². The Kier molecular flexibility index (Phi) is 18.9. The molecule has 16 nitrogen and oxygen atoms in total. The number of aliphatic hydroxyl groups is 1. The number of amides is 4. The highest BCUT2D eigenvalue weighted by molar-refractivity contribution is 7.13. The van der Waals surface area contributed by atoms with Crippen molar-refractivity contribution >= 4 is 35.0 Å². The van der Waals surface area contributed by atoms with E-state index in [0.29, 0.717) is 71.6 Å². The van der Waals surface area contributed by atoms with Crippen molar-refractivity contribution in [3.05, 3.63) is 41.0 Å². The SMILES string of the molecule is Cc1ncsc1-c1ccc([C@H](CC(=O)NCCOCCOCCOCCOCCOCCN)NC(=O)[C@@H]2C[C@@H](O)CN2C(=O)[C@@H](NC(=O)C2(F)CC2)C(C)(C)C)cc1. The first kappa shape index (κ1) is 47.1. The molecule has 1 aromatic carbocycles. The van der Waals surface area contributed by atoms with Crippen molar-refractivity contribution in [2.75, 3.05) is 85.7 Å². The van der Waals surface area contributed by atoms with Crippen molar-refractivity contribution < 1.29 is 52.4 Å². The summed E-state index contributed by atoms with van der Waals surface area (Å²) in [5, 5.41) is 19.0. The molecule has 0 radical (unpaired) electrons. The van der Waals surface area contributed by atoms with Gasteiger partial charge < -0.3 is 55.4 Å². The number of likely N-dealkylation sites (tertiary alicyclic amines) is 1. The van der Waals surface area contributed by atoms with Gasteiger partial charge in [0.15, 0.2) is 5.67 Å². The van der Waals surface area contributed by atoms with Gasteiger partial charge in [0, 0.05) is 26.1 Å². The number of nitrogens with two attached hydrogens (primary N) is 1. The minimum Gasteiger partial charge on any atom is -0.391 e. The standard InChI is InChI=1S/C40H61FN6O10S/c1-27-34(58-26-44-27)29-7-5-28(6-8-29)31(24-33(49)43-12-14-54-16-18-56-20-22-57-21-19-55-17-15-53-13-11-42)45-36(50)32-23-30(48)25-47(32)37(51)35(39(2,3)4)46-38(52)40(41)9-10-40/h5-8,26,30-32,35,48H,9-25,42H2,1-4H3,(H,43,49)(H,45,50)(H,46,52)/t30-,31+,32+,35-/m1/s1. The van der Waals surface area contributed by atoms with Crippen LogP contribution in [0.2, 0.25) is 0 Å². The molecule has 1 saturated heterocycles. The molecule has 0 unspecified atom stereocenters. The van der Waals surface area contributed by atoms with E-state index < -0.39 is 53.0 Å². The number of carbonyl (C=O) groups is 4. The zero-order valence-electron chi connectivity index (χ0n) is 34.1. The normalized spacial score (nSPS) is 18.4. The monoisotopic (exact) mass is 836 g/mol. The van der Waals surface area contributed by atoms with E-state index in [0.717, 1.165) is 16.1 Å². The number of ether oxygens (including phenoxy) is 5. The van der Waals surface area contributed by atoms with Crippen molar-refractivity contribution in [1.29, 1.82) is 0 Å². The highest BCUT2D eigenvalue weighted by atomic mass is 32.1. The van der Waals surface area contributed by atoms with Gasteiger partial charge in [-0.3, -0.25) is 19.2 Å². The molecule has 1 aliphatic heterocycles. The molecule has 0 bridgehead atoms. The number of rotatable bonds is 26. The number of aliphatic hydroxyl groups excluding tert-OH is 1. The van der Waals surface area contributed by atoms with E-state index >= 15 is 0 Å². The maximum atomic E-state index is 14.6. The van der Waals surface area contributed by atoms with Crippen molar-refractivity contribution in [2.24, 2.45) is 11.1 Å². The first-order chi connectivity index (χ1) is 27.7. The minimum atomic E-state index is -2.00. The van der Waals surface area contributed by atoms with Gasteiger partial charge in [-0.05, 0) is 36.3 Å². The number of aryl methyl sites for hydroxylation is 1. The van der Waals surface area contributed by atoms with Crippen LogP contribution in [0.5, 0.6) is 0 Å². The van der Waals surface area contributed by atoms with Gasteiger partial charge in [-0.25, -0.2) is 9.37 Å². The van der Waals surface area contributed by atoms with Crippen molar-refractivity contribution in [3.63, 3.8) is 0 Å². The molecule has 4 rings (SSSR count). The number of halogens is 1. The molecule has 2 fully saturated rings. The molecule has 2 heterocycles. The zero-order chi connectivity index (χ0) is 42.1. The average Bonchev–Trinajstić information content (AvgIpc) is 3.59. The van der Waals surface area contributed by atoms with Crippen LogP contribution in [-0.4, -0.2) is 148 Å². The summed E-state index contributed by atoms with van der Waals surface area (Å²) in [4.78, 5) is 60.5. The Morgan fingerprint density at radius 2 is 1.50 bits per heavy atom. The molecule has 6 N–H and O–H groups in total. The number of hydrogen-bond acceptors (Lipinski definition) is 13. The molecule has 1 aliphatic carbocycles. The van der Waals surface area contributed by atoms with Crippen LogP contribution in [0, 0.1) is 12.3 Å². The molecule has 0 spiro atoms. The topological polar surface area (TPSA) is 213 Å². The largest absolute Gasteiger partial charge is 0.391 e. The van der Waals surface area contributed by atoms with Gasteiger partial charge >= 0.3 is 0 Å². The molecule has 324 valence electrons. The van der Waals surface area contributed by atoms with Crippen LogP contribution in [0.15, 0.2) is 29.8 Å². The molecule has 58 heavy (non-hydrogen) atoms. The molecule has 4 atom stereocenters. The van der Waals surface area contributed by atoms with E-state index in [1.807, 2.05) is 31.2 Å². The van der Waals surface area contributed by atoms with Crippen LogP contribution in [-0.2, 0) is 42.9 Å². The summed E-state index contributed by atoms with van der Waals surface area (Å²) in [5.74, 6) is -2.36. The smallest absolute Gasteiger partial charge is 0.258 e. The molecule has 1 aromatic heterocycles. The Morgan fingerprint density at radius 3 is 2.02 bits per heavy atom. The predicted octanol–water partition coefficient (Wildman–Crippen LogP) is 1.82. The van der Waals surface area contributed by atoms with Gasteiger partial charge in [-0.15, -0.1) is 11.3 Å². The molecular formula is C40H61FN6O10S. The quantitative estimate of drug-likeness (QED) is 0.0860. The number of nitrogens with one attached hydrogen (secondary N) is 3. The number of hydrogen-bond donors (Lipinski definition) is 5. The second kappa shape index (κ2) is 23.2. The molecule has 18 heteroatoms. The Bertz CT molecular complexity index is 1600. The molecule has 2 aliphatic rings. The maximum Gasteiger partial charge on any atom is 0.258 e. The van der Waals surface area contributed by atoms with Crippen LogP contribution in [0.1, 0.15) is 63.8 Å². The number of alkyl halides is 1. The Balaban J connectivity index is 1.28. The van der Waals surface area contributed by atoms with E-state index in [-0.39, 0.29) is 51.3 Å². The van der Waals surface area contributed by atoms with Crippen molar-refractivity contribution in [2.45, 2.75) is 83.3 Å². The van der Waals surface area contributed by atoms with Crippen molar-refractivity contribution in [3.8, 4) is 10.4 Å². The third-order valence-electron chi connectivity index (χ3n) is 9.69. The van der Waals surface area contributed by atoms with Crippen LogP contribution >= 0.6 is 11.3 Å². The first-order valence-corrected chi connectivity index (χ1v) is 20.8. The van der Waals surface area contributed by atoms with E-state index in [2.05, 4.69) is 20.9 Å². The minimum absolute atomic E-state index is 0.0482. The number of carbonyl (C=O) groups excluding carboxylic acids is 4. The summed E-state index contributed by atoms with van der Waals surface area (Å²) in [6.07, 6.45) is -1.00. The second-order valence-electron chi connectivity index (χ2n) is 15.5. The molecule has 2 aromatic rings. The van der Waals surface area contributed by atoms with Crippen molar-refractivity contribution in [1.82, 2.24) is 25.8 Å². The lowest BCUT2D eigenvalue weighted by molar-refractivity contribution is -0.145. The maximum absolute atomic E-state index is 14.6. The van der Waals surface area contributed by atoms with Gasteiger partial charge in [0.05, 0.1) is 101 Å². The average molecular weight is 837 g/mol. The number of aromatic nitrogens is 1. The number of benzene rings is 1. The zero-order valence-corrected chi connectivity index (χ0v) is 34.9. The van der Waals surface area contributed by atoms with Crippen LogP contribution < -0.4 is 21.7 Å². The van der Waals surface area contributed by atoms with E-state index in [4.69, 9.17) is 29.4 Å². The fraction of sp³-hybridized carbons (Fsp3) is 0.675. The van der Waals surface area contributed by atoms with Crippen LogP contribution in [0.4, 0.5) is 4.39 Å². The highest BCUT2D eigenvalue weighted by Gasteiger charge is 2.53. The third kappa shape index (κ3) is 14.9. The Morgan fingerprint density at radius 1 is 0.931 bits per heavy atom. The fourth-order valence-corrected chi connectivity index (χ4v) is 7.08. The fourth-order valence-electron chi connectivity index (χ4n) is 6.27. The van der Waals surface area contributed by atoms with E-state index in [1.165, 1.54) is 16.2 Å². The van der Waals surface area contributed by atoms with Crippen LogP contribution in [0.3, 0.4) is 0 Å². The Hall–Kier alpha value is -3.62. The van der Waals surface area contributed by atoms with Crippen LogP contribution in [0.25, 0.3) is 10.4 Å². The predicted molar refractivity (Wildman–Crippen MR) is 215 cm³/mol.